The average molecular weight is 328 g/mol. The minimum absolute atomic E-state index is 0.00204. The lowest BCUT2D eigenvalue weighted by molar-refractivity contribution is -0.142. The molecule has 2 aliphatic rings. The first-order valence-electron chi connectivity index (χ1n) is 6.19. The van der Waals surface area contributed by atoms with Crippen molar-refractivity contribution in [3.8, 4) is 0 Å². The van der Waals surface area contributed by atoms with Crippen molar-refractivity contribution in [2.75, 3.05) is 0 Å². The second-order valence-corrected chi connectivity index (χ2v) is 7.00. The van der Waals surface area contributed by atoms with E-state index in [-0.39, 0.29) is 17.2 Å². The van der Waals surface area contributed by atoms with Gasteiger partial charge in [0.25, 0.3) is 0 Å². The van der Waals surface area contributed by atoms with Gasteiger partial charge in [0.2, 0.25) is 11.8 Å². The molecule has 0 bridgehead atoms. The maximum atomic E-state index is 12.5. The molecule has 1 aliphatic carbocycles. The van der Waals surface area contributed by atoms with E-state index in [0.29, 0.717) is 13.0 Å². The van der Waals surface area contributed by atoms with Crippen molar-refractivity contribution < 1.29 is 9.59 Å². The van der Waals surface area contributed by atoms with Gasteiger partial charge in [-0.1, -0.05) is 12.8 Å². The van der Waals surface area contributed by atoms with E-state index in [4.69, 9.17) is 0 Å². The summed E-state index contributed by atoms with van der Waals surface area (Å²) in [7, 11) is 0. The Morgan fingerprint density at radius 1 is 1.33 bits per heavy atom. The summed E-state index contributed by atoms with van der Waals surface area (Å²) in [5.41, 5.74) is -0.346. The standard InChI is InChI=1S/C13H14BrNO2S/c14-9-3-6-18-10(9)8-15-11(16)7-13(12(15)17)4-1-2-5-13/h3,6H,1-2,4-5,7-8H2. The number of thiophene rings is 1. The first kappa shape index (κ1) is 12.4. The van der Waals surface area contributed by atoms with E-state index < -0.39 is 0 Å². The van der Waals surface area contributed by atoms with Crippen molar-refractivity contribution in [2.45, 2.75) is 38.6 Å². The number of rotatable bonds is 2. The Balaban J connectivity index is 1.83. The molecule has 2 amide bonds. The Labute approximate surface area is 118 Å². The lowest BCUT2D eigenvalue weighted by Crippen LogP contribution is -2.33. The predicted molar refractivity (Wildman–Crippen MR) is 73.1 cm³/mol. The lowest BCUT2D eigenvalue weighted by atomic mass is 9.84. The summed E-state index contributed by atoms with van der Waals surface area (Å²) >= 11 is 5.03. The molecule has 0 aromatic carbocycles. The van der Waals surface area contributed by atoms with Crippen molar-refractivity contribution in [2.24, 2.45) is 5.41 Å². The number of nitrogens with zero attached hydrogens (tertiary/aromatic N) is 1. The summed E-state index contributed by atoms with van der Waals surface area (Å²) in [5, 5.41) is 1.97. The van der Waals surface area contributed by atoms with Gasteiger partial charge in [0, 0.05) is 15.8 Å². The third-order valence-electron chi connectivity index (χ3n) is 4.04. The molecule has 1 aromatic heterocycles. The van der Waals surface area contributed by atoms with Crippen LogP contribution in [0.4, 0.5) is 0 Å². The largest absolute Gasteiger partial charge is 0.277 e. The van der Waals surface area contributed by atoms with Gasteiger partial charge in [-0.2, -0.15) is 0 Å². The van der Waals surface area contributed by atoms with E-state index in [1.165, 1.54) is 4.90 Å². The molecule has 0 unspecified atom stereocenters. The molecule has 2 heterocycles. The van der Waals surface area contributed by atoms with Crippen molar-refractivity contribution in [1.82, 2.24) is 4.90 Å². The zero-order valence-corrected chi connectivity index (χ0v) is 12.3. The van der Waals surface area contributed by atoms with Gasteiger partial charge < -0.3 is 0 Å². The number of likely N-dealkylation sites (tertiary alicyclic amines) is 1. The van der Waals surface area contributed by atoms with Crippen molar-refractivity contribution >= 4 is 39.1 Å². The van der Waals surface area contributed by atoms with Crippen molar-refractivity contribution in [3.63, 3.8) is 0 Å². The Bertz CT molecular complexity index is 505. The minimum Gasteiger partial charge on any atom is -0.277 e. The number of amides is 2. The fourth-order valence-electron chi connectivity index (χ4n) is 3.04. The molecule has 1 aromatic rings. The third kappa shape index (κ3) is 1.84. The quantitative estimate of drug-likeness (QED) is 0.781. The first-order valence-corrected chi connectivity index (χ1v) is 7.86. The zero-order chi connectivity index (χ0) is 12.8. The number of hydrogen-bond donors (Lipinski definition) is 0. The molecule has 1 spiro atoms. The molecule has 96 valence electrons. The van der Waals surface area contributed by atoms with Gasteiger partial charge in [0.15, 0.2) is 0 Å². The van der Waals surface area contributed by atoms with Crippen LogP contribution in [0.15, 0.2) is 15.9 Å². The van der Waals surface area contributed by atoms with Crippen LogP contribution < -0.4 is 0 Å². The number of halogens is 1. The topological polar surface area (TPSA) is 37.4 Å². The first-order chi connectivity index (χ1) is 8.62. The summed E-state index contributed by atoms with van der Waals surface area (Å²) in [6.07, 6.45) is 4.36. The predicted octanol–water partition coefficient (Wildman–Crippen LogP) is 3.33. The van der Waals surface area contributed by atoms with Crippen LogP contribution in [0, 0.1) is 5.41 Å². The van der Waals surface area contributed by atoms with Crippen LogP contribution in [0.5, 0.6) is 0 Å². The average Bonchev–Trinajstić information content (AvgIpc) is 3.00. The van der Waals surface area contributed by atoms with Crippen LogP contribution in [0.25, 0.3) is 0 Å². The number of carbonyl (C=O) groups excluding carboxylic acids is 2. The summed E-state index contributed by atoms with van der Waals surface area (Å²) in [4.78, 5) is 27.1. The molecule has 3 rings (SSSR count). The second-order valence-electron chi connectivity index (χ2n) is 5.14. The van der Waals surface area contributed by atoms with E-state index in [0.717, 1.165) is 35.0 Å². The molecule has 1 saturated heterocycles. The number of hydrogen-bond acceptors (Lipinski definition) is 3. The third-order valence-corrected chi connectivity index (χ3v) is 5.95. The summed E-state index contributed by atoms with van der Waals surface area (Å²) in [5.74, 6) is 0.0625. The SMILES string of the molecule is O=C1CC2(CCCC2)C(=O)N1Cc1sccc1Br. The maximum Gasteiger partial charge on any atom is 0.236 e. The number of imide groups is 1. The molecule has 0 atom stereocenters. The molecular formula is C13H14BrNO2S. The lowest BCUT2D eigenvalue weighted by Gasteiger charge is -2.20. The van der Waals surface area contributed by atoms with Gasteiger partial charge >= 0.3 is 0 Å². The van der Waals surface area contributed by atoms with Gasteiger partial charge in [-0.25, -0.2) is 0 Å². The van der Waals surface area contributed by atoms with Gasteiger partial charge in [-0.15, -0.1) is 11.3 Å². The fraction of sp³-hybridized carbons (Fsp3) is 0.538. The molecule has 1 saturated carbocycles. The van der Waals surface area contributed by atoms with Crippen molar-refractivity contribution in [3.05, 3.63) is 20.8 Å². The highest BCUT2D eigenvalue weighted by atomic mass is 79.9. The van der Waals surface area contributed by atoms with Gasteiger partial charge in [0.05, 0.1) is 12.0 Å². The maximum absolute atomic E-state index is 12.5. The molecule has 0 N–H and O–H groups in total. The van der Waals surface area contributed by atoms with E-state index in [1.807, 2.05) is 11.4 Å². The van der Waals surface area contributed by atoms with Crippen molar-refractivity contribution in [1.29, 1.82) is 0 Å². The molecule has 2 fully saturated rings. The Morgan fingerprint density at radius 3 is 2.67 bits per heavy atom. The molecule has 5 heteroatoms. The molecule has 1 aliphatic heterocycles. The molecule has 3 nitrogen and oxygen atoms in total. The smallest absolute Gasteiger partial charge is 0.236 e. The van der Waals surface area contributed by atoms with E-state index in [9.17, 15) is 9.59 Å². The van der Waals surface area contributed by atoms with E-state index in [1.54, 1.807) is 11.3 Å². The highest BCUT2D eigenvalue weighted by Crippen LogP contribution is 2.47. The van der Waals surface area contributed by atoms with Crippen LogP contribution in [0.2, 0.25) is 0 Å². The van der Waals surface area contributed by atoms with Gasteiger partial charge in [0.1, 0.15) is 0 Å². The summed E-state index contributed by atoms with van der Waals surface area (Å²) in [6, 6.07) is 1.95. The number of carbonyl (C=O) groups is 2. The summed E-state index contributed by atoms with van der Waals surface area (Å²) in [6.45, 7) is 0.428. The fourth-order valence-corrected chi connectivity index (χ4v) is 4.51. The zero-order valence-electron chi connectivity index (χ0n) is 9.95. The Morgan fingerprint density at radius 2 is 2.06 bits per heavy atom. The Kier molecular flexibility index (Phi) is 3.06. The molecule has 18 heavy (non-hydrogen) atoms. The van der Waals surface area contributed by atoms with Crippen LogP contribution >= 0.6 is 27.3 Å². The van der Waals surface area contributed by atoms with E-state index >= 15 is 0 Å². The van der Waals surface area contributed by atoms with Crippen LogP contribution in [-0.2, 0) is 16.1 Å². The Hall–Kier alpha value is -0.680. The highest BCUT2D eigenvalue weighted by molar-refractivity contribution is 9.10. The highest BCUT2D eigenvalue weighted by Gasteiger charge is 2.52. The van der Waals surface area contributed by atoms with Gasteiger partial charge in [-0.05, 0) is 40.2 Å². The summed E-state index contributed by atoms with van der Waals surface area (Å²) < 4.78 is 0.987. The minimum atomic E-state index is -0.346. The van der Waals surface area contributed by atoms with Crippen LogP contribution in [-0.4, -0.2) is 16.7 Å². The monoisotopic (exact) mass is 327 g/mol. The normalized spacial score (nSPS) is 22.4. The van der Waals surface area contributed by atoms with E-state index in [2.05, 4.69) is 15.9 Å². The second kappa shape index (κ2) is 4.46. The van der Waals surface area contributed by atoms with Gasteiger partial charge in [-0.3, -0.25) is 14.5 Å². The van der Waals surface area contributed by atoms with Crippen LogP contribution in [0.1, 0.15) is 37.0 Å². The molecule has 0 radical (unpaired) electrons. The molecular weight excluding hydrogens is 314 g/mol. The van der Waals surface area contributed by atoms with Crippen LogP contribution in [0.3, 0.4) is 0 Å².